The molecule has 0 saturated carbocycles. The lowest BCUT2D eigenvalue weighted by atomic mass is 10.2. The minimum absolute atomic E-state index is 0.165. The average molecular weight is 386 g/mol. The molecule has 2 nitrogen and oxygen atoms in total. The third-order valence-corrected chi connectivity index (χ3v) is 2.63. The van der Waals surface area contributed by atoms with Crippen LogP contribution in [0.15, 0.2) is 30.3 Å². The largest absolute Gasteiger partial charge is 0.349 e. The maximum Gasteiger partial charge on any atom is 0.259 e. The molecule has 1 aromatic rings. The molecule has 0 heterocycles. The number of carbonyl (C=O) groups excluding carboxylic acids is 1. The van der Waals surface area contributed by atoms with E-state index in [2.05, 4.69) is 53.1 Å². The fraction of sp³-hybridized carbons (Fsp3) is 0.222. The number of hydrogen-bond donors (Lipinski definition) is 1. The van der Waals surface area contributed by atoms with Crippen molar-refractivity contribution in [3.05, 3.63) is 35.9 Å². The Morgan fingerprint density at radius 3 is 2.29 bits per heavy atom. The molecule has 1 N–H and O–H groups in total. The molecule has 14 heavy (non-hydrogen) atoms. The van der Waals surface area contributed by atoms with Crippen LogP contribution < -0.4 is 5.32 Å². The van der Waals surface area contributed by atoms with Crippen LogP contribution in [0.5, 0.6) is 0 Å². The minimum atomic E-state index is -0.873. The average Bonchev–Trinajstić information content (AvgIpc) is 2.14. The van der Waals surface area contributed by atoms with E-state index < -0.39 is 2.14 Å². The lowest BCUT2D eigenvalue weighted by molar-refractivity contribution is -0.119. The summed E-state index contributed by atoms with van der Waals surface area (Å²) in [6, 6.07) is 9.72. The van der Waals surface area contributed by atoms with Crippen molar-refractivity contribution in [1.82, 2.24) is 5.32 Å². The number of nitrogens with one attached hydrogen (secondary N) is 1. The van der Waals surface area contributed by atoms with Crippen molar-refractivity contribution >= 4 is 53.7 Å². The second-order valence-corrected chi connectivity index (χ2v) is 9.43. The van der Waals surface area contributed by atoms with E-state index in [0.717, 1.165) is 5.56 Å². The van der Waals surface area contributed by atoms with Crippen molar-refractivity contribution in [3.8, 4) is 0 Å². The second-order valence-electron chi connectivity index (χ2n) is 2.67. The molecule has 1 rings (SSSR count). The van der Waals surface area contributed by atoms with Crippen LogP contribution in [0.1, 0.15) is 5.56 Å². The van der Waals surface area contributed by atoms with Gasteiger partial charge >= 0.3 is 0 Å². The first-order chi connectivity index (χ1) is 6.50. The van der Waals surface area contributed by atoms with Crippen LogP contribution in [0.3, 0.4) is 0 Å². The highest BCUT2D eigenvalue weighted by molar-refractivity contribution is 9.40. The van der Waals surface area contributed by atoms with Gasteiger partial charge in [0.05, 0.1) is 0 Å². The first kappa shape index (κ1) is 12.2. The maximum absolute atomic E-state index is 11.4. The summed E-state index contributed by atoms with van der Waals surface area (Å²) in [6.45, 7) is 0.518. The first-order valence-corrected chi connectivity index (χ1v) is 6.27. The summed E-state index contributed by atoms with van der Waals surface area (Å²) in [4.78, 5) is 11.4. The maximum atomic E-state index is 11.4. The Labute approximate surface area is 108 Å². The highest BCUT2D eigenvalue weighted by Gasteiger charge is 2.27. The zero-order valence-corrected chi connectivity index (χ0v) is 11.9. The van der Waals surface area contributed by atoms with Gasteiger partial charge in [0.15, 0.2) is 0 Å². The van der Waals surface area contributed by atoms with Crippen molar-refractivity contribution in [1.29, 1.82) is 0 Å². The number of carbonyl (C=O) groups is 1. The molecule has 0 bridgehead atoms. The molecule has 0 unspecified atom stereocenters. The molecular formula is C9H8Br3NO. The normalized spacial score (nSPS) is 11.1. The minimum Gasteiger partial charge on any atom is -0.349 e. The number of alkyl halides is 3. The summed E-state index contributed by atoms with van der Waals surface area (Å²) in [5, 5.41) is 2.76. The Morgan fingerprint density at radius 2 is 1.79 bits per heavy atom. The van der Waals surface area contributed by atoms with Gasteiger partial charge in [-0.1, -0.05) is 30.3 Å². The Balaban J connectivity index is 2.46. The van der Waals surface area contributed by atoms with E-state index in [-0.39, 0.29) is 5.91 Å². The predicted molar refractivity (Wildman–Crippen MR) is 67.8 cm³/mol. The van der Waals surface area contributed by atoms with Crippen LogP contribution in [0.25, 0.3) is 0 Å². The van der Waals surface area contributed by atoms with Gasteiger partial charge in [-0.05, 0) is 53.4 Å². The van der Waals surface area contributed by atoms with E-state index in [4.69, 9.17) is 0 Å². The van der Waals surface area contributed by atoms with Crippen molar-refractivity contribution in [2.45, 2.75) is 8.69 Å². The zero-order chi connectivity index (χ0) is 10.6. The van der Waals surface area contributed by atoms with Gasteiger partial charge in [-0.15, -0.1) is 0 Å². The lowest BCUT2D eigenvalue weighted by Gasteiger charge is -2.12. The summed E-state index contributed by atoms with van der Waals surface area (Å²) in [5.41, 5.74) is 1.07. The van der Waals surface area contributed by atoms with Crippen LogP contribution in [-0.2, 0) is 11.3 Å². The van der Waals surface area contributed by atoms with E-state index in [1.807, 2.05) is 30.3 Å². The monoisotopic (exact) mass is 383 g/mol. The van der Waals surface area contributed by atoms with Crippen molar-refractivity contribution in [3.63, 3.8) is 0 Å². The summed E-state index contributed by atoms with van der Waals surface area (Å²) < 4.78 is -0.873. The van der Waals surface area contributed by atoms with Crippen molar-refractivity contribution < 1.29 is 4.79 Å². The molecule has 1 amide bonds. The van der Waals surface area contributed by atoms with Gasteiger partial charge in [0.25, 0.3) is 5.91 Å². The SMILES string of the molecule is O=C(NCc1ccccc1)C(Br)(Br)Br. The van der Waals surface area contributed by atoms with Gasteiger partial charge in [-0.2, -0.15) is 0 Å². The smallest absolute Gasteiger partial charge is 0.259 e. The molecule has 0 radical (unpaired) electrons. The third kappa shape index (κ3) is 4.11. The van der Waals surface area contributed by atoms with Gasteiger partial charge in [-0.25, -0.2) is 0 Å². The van der Waals surface area contributed by atoms with E-state index >= 15 is 0 Å². The molecule has 0 aromatic heterocycles. The lowest BCUT2D eigenvalue weighted by Crippen LogP contribution is -2.32. The molecular weight excluding hydrogens is 378 g/mol. The summed E-state index contributed by atoms with van der Waals surface area (Å²) >= 11 is 9.42. The van der Waals surface area contributed by atoms with Crippen molar-refractivity contribution in [2.75, 3.05) is 0 Å². The third-order valence-electron chi connectivity index (χ3n) is 1.55. The van der Waals surface area contributed by atoms with E-state index in [9.17, 15) is 4.79 Å². The zero-order valence-electron chi connectivity index (χ0n) is 7.14. The van der Waals surface area contributed by atoms with Gasteiger partial charge < -0.3 is 5.32 Å². The molecule has 0 aliphatic rings. The number of rotatable bonds is 2. The van der Waals surface area contributed by atoms with E-state index in [1.165, 1.54) is 0 Å². The highest BCUT2D eigenvalue weighted by Crippen LogP contribution is 2.33. The van der Waals surface area contributed by atoms with Crippen LogP contribution >= 0.6 is 47.8 Å². The topological polar surface area (TPSA) is 29.1 Å². The number of halogens is 3. The molecule has 76 valence electrons. The Bertz CT molecular complexity index is 308. The Kier molecular flexibility index (Phi) is 4.60. The highest BCUT2D eigenvalue weighted by atomic mass is 80.0. The van der Waals surface area contributed by atoms with Gasteiger partial charge in [0, 0.05) is 6.54 Å². The van der Waals surface area contributed by atoms with Gasteiger partial charge in [0.1, 0.15) is 0 Å². The number of hydrogen-bond acceptors (Lipinski definition) is 1. The summed E-state index contributed by atoms with van der Waals surface area (Å²) in [7, 11) is 0. The molecule has 0 saturated heterocycles. The molecule has 0 aliphatic carbocycles. The summed E-state index contributed by atoms with van der Waals surface area (Å²) in [6.07, 6.45) is 0. The van der Waals surface area contributed by atoms with Gasteiger partial charge in [-0.3, -0.25) is 4.79 Å². The predicted octanol–water partition coefficient (Wildman–Crippen LogP) is 3.14. The Hall–Kier alpha value is 0.130. The first-order valence-electron chi connectivity index (χ1n) is 3.89. The molecule has 1 aromatic carbocycles. The van der Waals surface area contributed by atoms with E-state index in [0.29, 0.717) is 6.54 Å². The Morgan fingerprint density at radius 1 is 1.21 bits per heavy atom. The molecule has 0 fully saturated rings. The van der Waals surface area contributed by atoms with Crippen LogP contribution in [-0.4, -0.2) is 8.05 Å². The molecule has 0 aliphatic heterocycles. The van der Waals surface area contributed by atoms with Crippen LogP contribution in [0.4, 0.5) is 0 Å². The molecule has 0 spiro atoms. The fourth-order valence-corrected chi connectivity index (χ4v) is 1.30. The fourth-order valence-electron chi connectivity index (χ4n) is 0.878. The van der Waals surface area contributed by atoms with E-state index in [1.54, 1.807) is 0 Å². The quantitative estimate of drug-likeness (QED) is 0.778. The second kappa shape index (κ2) is 5.28. The number of amides is 1. The van der Waals surface area contributed by atoms with Crippen LogP contribution in [0, 0.1) is 0 Å². The molecule has 0 atom stereocenters. The van der Waals surface area contributed by atoms with Crippen molar-refractivity contribution in [2.24, 2.45) is 0 Å². The standard InChI is InChI=1S/C9H8Br3NO/c10-9(11,12)8(14)13-6-7-4-2-1-3-5-7/h1-5H,6H2,(H,13,14). The van der Waals surface area contributed by atoms with Gasteiger partial charge in [0.2, 0.25) is 2.14 Å². The number of benzene rings is 1. The molecule has 5 heteroatoms. The summed E-state index contributed by atoms with van der Waals surface area (Å²) in [5.74, 6) is -0.165. The van der Waals surface area contributed by atoms with Crippen LogP contribution in [0.2, 0.25) is 0 Å².